The monoisotopic (exact) mass is 567 g/mol. The van der Waals surface area contributed by atoms with Crippen molar-refractivity contribution in [1.29, 1.82) is 0 Å². The third-order valence-corrected chi connectivity index (χ3v) is 8.00. The van der Waals surface area contributed by atoms with Crippen LogP contribution in [0.25, 0.3) is 5.69 Å². The maximum absolute atomic E-state index is 14.2. The van der Waals surface area contributed by atoms with Gasteiger partial charge in [-0.2, -0.15) is 0 Å². The van der Waals surface area contributed by atoms with E-state index < -0.39 is 4.92 Å². The maximum Gasteiger partial charge on any atom is 0.269 e. The molecule has 0 unspecified atom stereocenters. The highest BCUT2D eigenvalue weighted by atomic mass is 32.2. The number of pyridine rings is 1. The summed E-state index contributed by atoms with van der Waals surface area (Å²) in [5.41, 5.74) is 3.44. The Bertz CT molecular complexity index is 1680. The minimum Gasteiger partial charge on any atom is -0.351 e. The van der Waals surface area contributed by atoms with Crippen LogP contribution in [0.15, 0.2) is 125 Å². The lowest BCUT2D eigenvalue weighted by atomic mass is 10.0. The number of halogens is 1. The number of benzene rings is 3. The van der Waals surface area contributed by atoms with E-state index >= 15 is 0 Å². The fourth-order valence-electron chi connectivity index (χ4n) is 4.88. The molecule has 1 aliphatic heterocycles. The molecule has 0 aliphatic carbocycles. The number of aromatic nitrogens is 2. The molecule has 7 nitrogen and oxygen atoms in total. The van der Waals surface area contributed by atoms with E-state index in [0.717, 1.165) is 26.9 Å². The fourth-order valence-corrected chi connectivity index (χ4v) is 6.04. The van der Waals surface area contributed by atoms with E-state index in [9.17, 15) is 14.5 Å². The predicted octanol–water partition coefficient (Wildman–Crippen LogP) is 7.25. The van der Waals surface area contributed by atoms with Crippen LogP contribution in [0.2, 0.25) is 0 Å². The highest BCUT2D eigenvalue weighted by molar-refractivity contribution is 7.99. The summed E-state index contributed by atoms with van der Waals surface area (Å²) in [5.74, 6) is -0.309. The van der Waals surface area contributed by atoms with Gasteiger partial charge in [-0.25, -0.2) is 4.39 Å². The molecule has 1 aliphatic rings. The van der Waals surface area contributed by atoms with E-state index in [2.05, 4.69) is 15.2 Å². The van der Waals surface area contributed by atoms with Crippen LogP contribution in [-0.2, 0) is 0 Å². The van der Waals surface area contributed by atoms with Crippen LogP contribution in [0.4, 0.5) is 15.8 Å². The van der Waals surface area contributed by atoms with Gasteiger partial charge in [0.25, 0.3) is 5.69 Å². The second-order valence-electron chi connectivity index (χ2n) is 9.13. The minimum atomic E-state index is -0.407. The number of hydrogen-bond acceptors (Lipinski definition) is 5. The molecule has 5 aromatic rings. The summed E-state index contributed by atoms with van der Waals surface area (Å²) in [5, 5.41) is 15.0. The Kier molecular flexibility index (Phi) is 7.02. The van der Waals surface area contributed by atoms with Gasteiger partial charge in [0.2, 0.25) is 0 Å². The highest BCUT2D eigenvalue weighted by Crippen LogP contribution is 2.43. The molecule has 0 radical (unpaired) electrons. The number of rotatable bonds is 7. The molecule has 0 saturated carbocycles. The smallest absolute Gasteiger partial charge is 0.269 e. The van der Waals surface area contributed by atoms with Crippen molar-refractivity contribution < 1.29 is 9.31 Å². The Hall–Kier alpha value is -4.54. The van der Waals surface area contributed by atoms with Crippen molar-refractivity contribution in [3.63, 3.8) is 0 Å². The van der Waals surface area contributed by atoms with E-state index in [1.165, 1.54) is 36.0 Å². The van der Waals surface area contributed by atoms with Crippen LogP contribution in [0.3, 0.4) is 0 Å². The van der Waals surface area contributed by atoms with Crippen LogP contribution in [0, 0.1) is 15.9 Å². The van der Waals surface area contributed by atoms with Crippen LogP contribution < -0.4 is 10.2 Å². The molecule has 0 spiro atoms. The van der Waals surface area contributed by atoms with Crippen molar-refractivity contribution >= 4 is 40.5 Å². The van der Waals surface area contributed by atoms with Gasteiger partial charge in [-0.15, -0.1) is 0 Å². The number of thiocarbonyl (C=S) groups is 1. The first kappa shape index (κ1) is 25.7. The summed E-state index contributed by atoms with van der Waals surface area (Å²) < 4.78 is 16.1. The average molecular weight is 568 g/mol. The molecule has 1 N–H and O–H groups in total. The third kappa shape index (κ3) is 5.06. The zero-order valence-electron chi connectivity index (χ0n) is 20.9. The normalized spacial score (nSPS) is 16.6. The number of nitrogens with one attached hydrogen (secondary N) is 1. The lowest BCUT2D eigenvalue weighted by Crippen LogP contribution is -2.30. The van der Waals surface area contributed by atoms with E-state index in [0.29, 0.717) is 10.8 Å². The molecule has 10 heteroatoms. The molecule has 0 amide bonds. The van der Waals surface area contributed by atoms with Gasteiger partial charge in [0.15, 0.2) is 5.11 Å². The van der Waals surface area contributed by atoms with Crippen molar-refractivity contribution in [3.8, 4) is 5.69 Å². The predicted molar refractivity (Wildman–Crippen MR) is 157 cm³/mol. The number of non-ortho nitro benzene ring substituents is 1. The van der Waals surface area contributed by atoms with Gasteiger partial charge in [-0.1, -0.05) is 23.9 Å². The second-order valence-corrected chi connectivity index (χ2v) is 10.7. The van der Waals surface area contributed by atoms with Crippen molar-refractivity contribution in [2.75, 3.05) is 4.90 Å². The van der Waals surface area contributed by atoms with Gasteiger partial charge >= 0.3 is 0 Å². The molecule has 40 heavy (non-hydrogen) atoms. The first-order valence-electron chi connectivity index (χ1n) is 12.4. The molecule has 1 fully saturated rings. The summed E-state index contributed by atoms with van der Waals surface area (Å²) in [7, 11) is 0. The second kappa shape index (κ2) is 10.9. The van der Waals surface area contributed by atoms with E-state index in [4.69, 9.17) is 12.2 Å². The van der Waals surface area contributed by atoms with Crippen LogP contribution in [0.1, 0.15) is 23.5 Å². The van der Waals surface area contributed by atoms with E-state index in [-0.39, 0.29) is 23.6 Å². The van der Waals surface area contributed by atoms with Crippen LogP contribution in [-0.4, -0.2) is 19.6 Å². The van der Waals surface area contributed by atoms with Gasteiger partial charge < -0.3 is 14.8 Å². The molecule has 3 heterocycles. The lowest BCUT2D eigenvalue weighted by molar-refractivity contribution is -0.384. The van der Waals surface area contributed by atoms with Crippen LogP contribution in [0.5, 0.6) is 0 Å². The molecular formula is C30H22FN5O2S2. The zero-order chi connectivity index (χ0) is 27.6. The first-order valence-corrected chi connectivity index (χ1v) is 13.7. The Morgan fingerprint density at radius 2 is 1.65 bits per heavy atom. The highest BCUT2D eigenvalue weighted by Gasteiger charge is 2.42. The number of hydrogen-bond donors (Lipinski definition) is 1. The summed E-state index contributed by atoms with van der Waals surface area (Å²) in [4.78, 5) is 19.1. The number of nitro benzene ring substituents is 1. The standard InChI is InChI=1S/C30H22FN5O2S2/c31-20-5-3-6-23(19-20)34-18-4-8-27(34)29-28(26-7-1-2-17-32-26)33-30(39)35(29)21-9-13-24(14-10-21)40-25-15-11-22(12-16-25)36(37)38/h1-19,28-29H,(H,33,39)/t28-,29-/m0/s1. The zero-order valence-corrected chi connectivity index (χ0v) is 22.6. The van der Waals surface area contributed by atoms with Crippen molar-refractivity contribution in [3.05, 3.63) is 143 Å². The van der Waals surface area contributed by atoms with Gasteiger partial charge in [-0.05, 0) is 91.1 Å². The molecule has 1 saturated heterocycles. The van der Waals surface area contributed by atoms with Gasteiger partial charge in [0.05, 0.1) is 16.7 Å². The summed E-state index contributed by atoms with van der Waals surface area (Å²) in [6.45, 7) is 0. The molecule has 6 rings (SSSR count). The fraction of sp³-hybridized carbons (Fsp3) is 0.0667. The molecule has 0 bridgehead atoms. The SMILES string of the molecule is O=[N+]([O-])c1ccc(Sc2ccc(N3C(=S)N[C@@H](c4ccccn4)[C@@H]3c3cccn3-c3cccc(F)c3)cc2)cc1. The van der Waals surface area contributed by atoms with Gasteiger partial charge in [0.1, 0.15) is 11.9 Å². The van der Waals surface area contributed by atoms with Gasteiger partial charge in [-0.3, -0.25) is 15.1 Å². The number of nitrogens with zero attached hydrogens (tertiary/aromatic N) is 4. The molecule has 2 aromatic heterocycles. The first-order chi connectivity index (χ1) is 19.5. The summed E-state index contributed by atoms with van der Waals surface area (Å²) >= 11 is 7.38. The largest absolute Gasteiger partial charge is 0.351 e. The third-order valence-electron chi connectivity index (χ3n) is 6.67. The van der Waals surface area contributed by atoms with Crippen molar-refractivity contribution in [1.82, 2.24) is 14.9 Å². The molecular weight excluding hydrogens is 545 g/mol. The summed E-state index contributed by atoms with van der Waals surface area (Å²) in [6.07, 6.45) is 3.68. The lowest BCUT2D eigenvalue weighted by Gasteiger charge is -2.29. The maximum atomic E-state index is 14.2. The topological polar surface area (TPSA) is 76.2 Å². The Labute approximate surface area is 239 Å². The summed E-state index contributed by atoms with van der Waals surface area (Å²) in [6, 6.07) is 30.2. The minimum absolute atomic E-state index is 0.0613. The van der Waals surface area contributed by atoms with Crippen molar-refractivity contribution in [2.24, 2.45) is 0 Å². The van der Waals surface area contributed by atoms with Crippen LogP contribution >= 0.6 is 24.0 Å². The molecule has 198 valence electrons. The number of nitro groups is 1. The molecule has 2 atom stereocenters. The van der Waals surface area contributed by atoms with E-state index in [1.54, 1.807) is 24.4 Å². The number of anilines is 1. The Morgan fingerprint density at radius 3 is 2.33 bits per heavy atom. The quantitative estimate of drug-likeness (QED) is 0.126. The Balaban J connectivity index is 1.36. The van der Waals surface area contributed by atoms with Gasteiger partial charge in [0, 0.05) is 51.4 Å². The van der Waals surface area contributed by atoms with E-state index in [1.807, 2.05) is 71.4 Å². The average Bonchev–Trinajstić information content (AvgIpc) is 3.59. The molecule has 3 aromatic carbocycles. The van der Waals surface area contributed by atoms with Crippen molar-refractivity contribution in [2.45, 2.75) is 21.9 Å². The Morgan fingerprint density at radius 1 is 0.900 bits per heavy atom.